The SMILES string of the molecule is COc1cccc(NC(=O)CNCCCN(C)C)c1. The van der Waals surface area contributed by atoms with Crippen LogP contribution in [0, 0.1) is 0 Å². The van der Waals surface area contributed by atoms with Gasteiger partial charge in [-0.25, -0.2) is 0 Å². The fourth-order valence-electron chi connectivity index (χ4n) is 1.63. The van der Waals surface area contributed by atoms with E-state index in [9.17, 15) is 4.79 Å². The molecular weight excluding hydrogens is 242 g/mol. The van der Waals surface area contributed by atoms with Crippen LogP contribution in [0.1, 0.15) is 6.42 Å². The number of hydrogen-bond acceptors (Lipinski definition) is 4. The summed E-state index contributed by atoms with van der Waals surface area (Å²) in [6.45, 7) is 2.18. The molecule has 1 amide bonds. The monoisotopic (exact) mass is 265 g/mol. The fourth-order valence-corrected chi connectivity index (χ4v) is 1.63. The smallest absolute Gasteiger partial charge is 0.238 e. The number of ether oxygens (including phenoxy) is 1. The highest BCUT2D eigenvalue weighted by atomic mass is 16.5. The summed E-state index contributed by atoms with van der Waals surface area (Å²) < 4.78 is 5.10. The minimum absolute atomic E-state index is 0.0434. The van der Waals surface area contributed by atoms with Gasteiger partial charge >= 0.3 is 0 Å². The number of rotatable bonds is 8. The number of methoxy groups -OCH3 is 1. The number of anilines is 1. The Hall–Kier alpha value is -1.59. The average Bonchev–Trinajstić information content (AvgIpc) is 2.38. The normalized spacial score (nSPS) is 10.5. The molecule has 0 atom stereocenters. The lowest BCUT2D eigenvalue weighted by atomic mass is 10.3. The van der Waals surface area contributed by atoms with E-state index in [0.717, 1.165) is 30.9 Å². The Morgan fingerprint density at radius 3 is 2.84 bits per heavy atom. The zero-order valence-electron chi connectivity index (χ0n) is 11.9. The Morgan fingerprint density at radius 2 is 2.16 bits per heavy atom. The maximum atomic E-state index is 11.7. The number of benzene rings is 1. The molecule has 0 heterocycles. The van der Waals surface area contributed by atoms with Crippen molar-refractivity contribution in [2.24, 2.45) is 0 Å². The lowest BCUT2D eigenvalue weighted by Gasteiger charge is -2.10. The van der Waals surface area contributed by atoms with Crippen LogP contribution in [0.5, 0.6) is 5.75 Å². The van der Waals surface area contributed by atoms with Crippen molar-refractivity contribution < 1.29 is 9.53 Å². The molecule has 0 aliphatic carbocycles. The van der Waals surface area contributed by atoms with Crippen molar-refractivity contribution in [3.05, 3.63) is 24.3 Å². The third kappa shape index (κ3) is 6.79. The summed E-state index contributed by atoms with van der Waals surface area (Å²) in [6.07, 6.45) is 1.03. The van der Waals surface area contributed by atoms with E-state index in [4.69, 9.17) is 4.74 Å². The maximum absolute atomic E-state index is 11.7. The van der Waals surface area contributed by atoms with Crippen LogP contribution in [0.15, 0.2) is 24.3 Å². The Balaban J connectivity index is 2.23. The molecule has 5 heteroatoms. The molecule has 0 fully saturated rings. The number of nitrogens with zero attached hydrogens (tertiary/aromatic N) is 1. The molecule has 106 valence electrons. The van der Waals surface area contributed by atoms with E-state index in [1.54, 1.807) is 13.2 Å². The number of amides is 1. The second kappa shape index (κ2) is 8.50. The Bertz CT molecular complexity index is 394. The summed E-state index contributed by atoms with van der Waals surface area (Å²) in [4.78, 5) is 13.8. The molecule has 0 aliphatic heterocycles. The fraction of sp³-hybridized carbons (Fsp3) is 0.500. The van der Waals surface area contributed by atoms with Gasteiger partial charge in [0.15, 0.2) is 0 Å². The third-order valence-electron chi connectivity index (χ3n) is 2.60. The number of carbonyl (C=O) groups excluding carboxylic acids is 1. The van der Waals surface area contributed by atoms with Crippen LogP contribution in [0.25, 0.3) is 0 Å². The number of carbonyl (C=O) groups is 1. The largest absolute Gasteiger partial charge is 0.497 e. The first-order chi connectivity index (χ1) is 9.11. The van der Waals surface area contributed by atoms with Crippen molar-refractivity contribution in [1.29, 1.82) is 0 Å². The van der Waals surface area contributed by atoms with Gasteiger partial charge in [0.05, 0.1) is 13.7 Å². The van der Waals surface area contributed by atoms with Gasteiger partial charge in [-0.05, 0) is 45.7 Å². The minimum Gasteiger partial charge on any atom is -0.497 e. The molecule has 0 unspecified atom stereocenters. The van der Waals surface area contributed by atoms with Gasteiger partial charge in [-0.3, -0.25) is 4.79 Å². The van der Waals surface area contributed by atoms with Gasteiger partial charge in [0, 0.05) is 11.8 Å². The van der Waals surface area contributed by atoms with Crippen LogP contribution in [0.3, 0.4) is 0 Å². The average molecular weight is 265 g/mol. The first kappa shape index (κ1) is 15.5. The zero-order valence-corrected chi connectivity index (χ0v) is 11.9. The Morgan fingerprint density at radius 1 is 1.37 bits per heavy atom. The van der Waals surface area contributed by atoms with Crippen LogP contribution in [0.2, 0.25) is 0 Å². The van der Waals surface area contributed by atoms with Gasteiger partial charge < -0.3 is 20.3 Å². The van der Waals surface area contributed by atoms with E-state index in [0.29, 0.717) is 6.54 Å². The molecule has 2 N–H and O–H groups in total. The summed E-state index contributed by atoms with van der Waals surface area (Å²) >= 11 is 0. The first-order valence-corrected chi connectivity index (χ1v) is 6.41. The van der Waals surface area contributed by atoms with Crippen LogP contribution >= 0.6 is 0 Å². The quantitative estimate of drug-likeness (QED) is 0.693. The predicted molar refractivity (Wildman–Crippen MR) is 77.7 cm³/mol. The molecular formula is C14H23N3O2. The van der Waals surface area contributed by atoms with E-state index >= 15 is 0 Å². The topological polar surface area (TPSA) is 53.6 Å². The predicted octanol–water partition coefficient (Wildman–Crippen LogP) is 1.17. The summed E-state index contributed by atoms with van der Waals surface area (Å²) in [5.74, 6) is 0.690. The molecule has 5 nitrogen and oxygen atoms in total. The zero-order chi connectivity index (χ0) is 14.1. The molecule has 19 heavy (non-hydrogen) atoms. The minimum atomic E-state index is -0.0434. The molecule has 0 bridgehead atoms. The van der Waals surface area contributed by atoms with Crippen LogP contribution in [0.4, 0.5) is 5.69 Å². The van der Waals surface area contributed by atoms with Gasteiger partial charge in [-0.2, -0.15) is 0 Å². The highest BCUT2D eigenvalue weighted by molar-refractivity contribution is 5.92. The summed E-state index contributed by atoms with van der Waals surface area (Å²) in [7, 11) is 5.68. The molecule has 1 aromatic carbocycles. The van der Waals surface area contributed by atoms with Gasteiger partial charge in [0.25, 0.3) is 0 Å². The molecule has 0 aromatic heterocycles. The third-order valence-corrected chi connectivity index (χ3v) is 2.60. The van der Waals surface area contributed by atoms with Crippen molar-refractivity contribution in [2.45, 2.75) is 6.42 Å². The molecule has 0 spiro atoms. The van der Waals surface area contributed by atoms with Crippen molar-refractivity contribution in [3.63, 3.8) is 0 Å². The lowest BCUT2D eigenvalue weighted by molar-refractivity contribution is -0.115. The van der Waals surface area contributed by atoms with Crippen LogP contribution in [-0.2, 0) is 4.79 Å². The van der Waals surface area contributed by atoms with Gasteiger partial charge in [-0.15, -0.1) is 0 Å². The van der Waals surface area contributed by atoms with Gasteiger partial charge in [0.1, 0.15) is 5.75 Å². The number of nitrogens with one attached hydrogen (secondary N) is 2. The van der Waals surface area contributed by atoms with Crippen molar-refractivity contribution >= 4 is 11.6 Å². The first-order valence-electron chi connectivity index (χ1n) is 6.41. The molecule has 0 aliphatic rings. The van der Waals surface area contributed by atoms with E-state index < -0.39 is 0 Å². The maximum Gasteiger partial charge on any atom is 0.238 e. The molecule has 0 saturated carbocycles. The second-order valence-corrected chi connectivity index (χ2v) is 4.61. The second-order valence-electron chi connectivity index (χ2n) is 4.61. The summed E-state index contributed by atoms with van der Waals surface area (Å²) in [6, 6.07) is 7.32. The molecule has 1 aromatic rings. The highest BCUT2D eigenvalue weighted by Crippen LogP contribution is 2.16. The van der Waals surface area contributed by atoms with E-state index in [-0.39, 0.29) is 5.91 Å². The van der Waals surface area contributed by atoms with Gasteiger partial charge in [-0.1, -0.05) is 6.07 Å². The molecule has 0 radical (unpaired) electrons. The van der Waals surface area contributed by atoms with Gasteiger partial charge in [0.2, 0.25) is 5.91 Å². The van der Waals surface area contributed by atoms with Crippen molar-refractivity contribution in [3.8, 4) is 5.75 Å². The van der Waals surface area contributed by atoms with Crippen LogP contribution < -0.4 is 15.4 Å². The van der Waals surface area contributed by atoms with E-state index in [1.807, 2.05) is 32.3 Å². The van der Waals surface area contributed by atoms with Crippen LogP contribution in [-0.4, -0.2) is 51.6 Å². The van der Waals surface area contributed by atoms with E-state index in [2.05, 4.69) is 15.5 Å². The molecule has 1 rings (SSSR count). The summed E-state index contributed by atoms with van der Waals surface area (Å²) in [5, 5.41) is 5.94. The van der Waals surface area contributed by atoms with Crippen molar-refractivity contribution in [1.82, 2.24) is 10.2 Å². The highest BCUT2D eigenvalue weighted by Gasteiger charge is 2.02. The lowest BCUT2D eigenvalue weighted by Crippen LogP contribution is -2.30. The Kier molecular flexibility index (Phi) is 6.92. The van der Waals surface area contributed by atoms with Crippen molar-refractivity contribution in [2.75, 3.05) is 46.2 Å². The Labute approximate surface area is 114 Å². The molecule has 0 saturated heterocycles. The summed E-state index contributed by atoms with van der Waals surface area (Å²) in [5.41, 5.74) is 0.749. The standard InChI is InChI=1S/C14H23N3O2/c1-17(2)9-5-8-15-11-14(18)16-12-6-4-7-13(10-12)19-3/h4,6-7,10,15H,5,8-9,11H2,1-3H3,(H,16,18). The number of hydrogen-bond donors (Lipinski definition) is 2. The van der Waals surface area contributed by atoms with E-state index in [1.165, 1.54) is 0 Å².